The highest BCUT2D eigenvalue weighted by atomic mass is 32.2. The van der Waals surface area contributed by atoms with Gasteiger partial charge in [-0.2, -0.15) is 8.42 Å². The second kappa shape index (κ2) is 5.83. The van der Waals surface area contributed by atoms with Crippen molar-refractivity contribution in [3.63, 3.8) is 0 Å². The first-order valence-corrected chi connectivity index (χ1v) is 8.96. The smallest absolute Gasteiger partial charge is 0.282 e. The summed E-state index contributed by atoms with van der Waals surface area (Å²) >= 11 is 0. The standard InChI is InChI=1S/C13H8F4O5S2/c1-6-2-4-7(5-3-6)23(18,19)12-8(14)10(16)13(24(20,21)22)11(17)9(12)15/h2-5H,1H3,(H,20,21,22). The lowest BCUT2D eigenvalue weighted by atomic mass is 10.2. The first-order chi connectivity index (χ1) is 10.9. The van der Waals surface area contributed by atoms with Gasteiger partial charge in [-0.05, 0) is 19.1 Å². The molecule has 0 radical (unpaired) electrons. The summed E-state index contributed by atoms with van der Waals surface area (Å²) in [6.07, 6.45) is 0. The summed E-state index contributed by atoms with van der Waals surface area (Å²) in [5.41, 5.74) is 0.606. The van der Waals surface area contributed by atoms with E-state index in [1.54, 1.807) is 6.92 Å². The first-order valence-electron chi connectivity index (χ1n) is 6.04. The summed E-state index contributed by atoms with van der Waals surface area (Å²) in [6, 6.07) is 4.47. The molecule has 0 saturated heterocycles. The van der Waals surface area contributed by atoms with E-state index in [4.69, 9.17) is 4.55 Å². The maximum atomic E-state index is 14.0. The van der Waals surface area contributed by atoms with Crippen molar-refractivity contribution in [2.45, 2.75) is 21.6 Å². The molecule has 130 valence electrons. The third-order valence-corrected chi connectivity index (χ3v) is 5.70. The Hall–Kier alpha value is -1.98. The first kappa shape index (κ1) is 18.4. The van der Waals surface area contributed by atoms with E-state index in [1.165, 1.54) is 12.1 Å². The summed E-state index contributed by atoms with van der Waals surface area (Å²) in [7, 11) is -10.7. The quantitative estimate of drug-likeness (QED) is 0.499. The highest BCUT2D eigenvalue weighted by Crippen LogP contribution is 2.33. The predicted octanol–water partition coefficient (Wildman–Crippen LogP) is 2.63. The molecule has 24 heavy (non-hydrogen) atoms. The molecule has 0 saturated carbocycles. The van der Waals surface area contributed by atoms with Gasteiger partial charge in [0, 0.05) is 0 Å². The minimum atomic E-state index is -5.67. The van der Waals surface area contributed by atoms with Gasteiger partial charge in [-0.25, -0.2) is 26.0 Å². The predicted molar refractivity (Wildman–Crippen MR) is 72.7 cm³/mol. The minimum absolute atomic E-state index is 0.606. The third kappa shape index (κ3) is 2.89. The average molecular weight is 384 g/mol. The van der Waals surface area contributed by atoms with Gasteiger partial charge in [-0.3, -0.25) is 4.55 Å². The SMILES string of the molecule is Cc1ccc(S(=O)(=O)c2c(F)c(F)c(S(=O)(=O)O)c(F)c2F)cc1. The zero-order valence-corrected chi connectivity index (χ0v) is 13.4. The maximum Gasteiger partial charge on any atom is 0.300 e. The summed E-state index contributed by atoms with van der Waals surface area (Å²) in [4.78, 5) is -4.96. The Labute approximate surface area is 134 Å². The molecule has 0 spiro atoms. The van der Waals surface area contributed by atoms with Crippen LogP contribution in [0.15, 0.2) is 39.0 Å². The molecule has 2 aromatic rings. The van der Waals surface area contributed by atoms with Crippen molar-refractivity contribution in [3.8, 4) is 0 Å². The van der Waals surface area contributed by atoms with Gasteiger partial charge in [0.05, 0.1) is 4.90 Å². The number of hydrogen-bond acceptors (Lipinski definition) is 4. The third-order valence-electron chi connectivity index (χ3n) is 3.04. The van der Waals surface area contributed by atoms with Gasteiger partial charge < -0.3 is 0 Å². The fraction of sp³-hybridized carbons (Fsp3) is 0.0769. The number of benzene rings is 2. The molecule has 11 heteroatoms. The molecule has 0 aromatic heterocycles. The normalized spacial score (nSPS) is 12.4. The van der Waals surface area contributed by atoms with Crippen molar-refractivity contribution in [2.75, 3.05) is 0 Å². The van der Waals surface area contributed by atoms with E-state index in [0.717, 1.165) is 12.1 Å². The molecule has 2 rings (SSSR count). The maximum absolute atomic E-state index is 14.0. The van der Waals surface area contributed by atoms with Crippen LogP contribution in [0.4, 0.5) is 17.6 Å². The van der Waals surface area contributed by atoms with Gasteiger partial charge in [0.25, 0.3) is 0 Å². The molecular formula is C13H8F4O5S2. The second-order valence-corrected chi connectivity index (χ2v) is 7.95. The minimum Gasteiger partial charge on any atom is -0.282 e. The summed E-state index contributed by atoms with van der Waals surface area (Å²) < 4.78 is 110. The van der Waals surface area contributed by atoms with E-state index in [1.807, 2.05) is 0 Å². The van der Waals surface area contributed by atoms with Gasteiger partial charge >= 0.3 is 10.1 Å². The van der Waals surface area contributed by atoms with Crippen LogP contribution in [0.1, 0.15) is 5.56 Å². The van der Waals surface area contributed by atoms with Crippen molar-refractivity contribution < 1.29 is 39.0 Å². The van der Waals surface area contributed by atoms with E-state index < -0.39 is 57.9 Å². The molecule has 0 fully saturated rings. The number of halogens is 4. The van der Waals surface area contributed by atoms with Gasteiger partial charge in [0.2, 0.25) is 9.84 Å². The molecule has 0 atom stereocenters. The molecule has 0 aliphatic carbocycles. The lowest BCUT2D eigenvalue weighted by Crippen LogP contribution is -2.16. The Morgan fingerprint density at radius 3 is 1.50 bits per heavy atom. The van der Waals surface area contributed by atoms with Crippen molar-refractivity contribution in [3.05, 3.63) is 53.1 Å². The molecule has 0 heterocycles. The Bertz CT molecular complexity index is 1000. The van der Waals surface area contributed by atoms with Gasteiger partial charge in [-0.15, -0.1) is 0 Å². The number of sulfone groups is 1. The van der Waals surface area contributed by atoms with E-state index in [9.17, 15) is 34.4 Å². The summed E-state index contributed by atoms with van der Waals surface area (Å²) in [5.74, 6) is -9.99. The molecule has 2 aromatic carbocycles. The monoisotopic (exact) mass is 384 g/mol. The zero-order chi connectivity index (χ0) is 18.4. The highest BCUT2D eigenvalue weighted by molar-refractivity contribution is 7.91. The summed E-state index contributed by atoms with van der Waals surface area (Å²) in [6.45, 7) is 1.60. The second-order valence-electron chi connectivity index (χ2n) is 4.71. The molecule has 1 N–H and O–H groups in total. The van der Waals surface area contributed by atoms with Crippen LogP contribution >= 0.6 is 0 Å². The van der Waals surface area contributed by atoms with Crippen LogP contribution in [0.25, 0.3) is 0 Å². The van der Waals surface area contributed by atoms with Crippen LogP contribution in [0.2, 0.25) is 0 Å². The zero-order valence-electron chi connectivity index (χ0n) is 11.7. The Morgan fingerprint density at radius 1 is 0.750 bits per heavy atom. The molecule has 0 amide bonds. The summed E-state index contributed by atoms with van der Waals surface area (Å²) in [5, 5.41) is 0. The van der Waals surface area contributed by atoms with Crippen LogP contribution in [-0.2, 0) is 20.0 Å². The molecule has 5 nitrogen and oxygen atoms in total. The Kier molecular flexibility index (Phi) is 4.46. The topological polar surface area (TPSA) is 88.5 Å². The number of aryl methyl sites for hydroxylation is 1. The van der Waals surface area contributed by atoms with Crippen LogP contribution in [-0.4, -0.2) is 21.4 Å². The van der Waals surface area contributed by atoms with Gasteiger partial charge in [0.1, 0.15) is 4.90 Å². The lowest BCUT2D eigenvalue weighted by molar-refractivity contribution is 0.380. The van der Waals surface area contributed by atoms with Crippen LogP contribution in [0.3, 0.4) is 0 Å². The van der Waals surface area contributed by atoms with Gasteiger partial charge in [-0.1, -0.05) is 17.7 Å². The molecule has 0 bridgehead atoms. The van der Waals surface area contributed by atoms with E-state index in [0.29, 0.717) is 5.56 Å². The molecule has 0 unspecified atom stereocenters. The van der Waals surface area contributed by atoms with E-state index >= 15 is 0 Å². The van der Waals surface area contributed by atoms with Gasteiger partial charge in [0.15, 0.2) is 28.2 Å². The average Bonchev–Trinajstić information content (AvgIpc) is 2.44. The van der Waals surface area contributed by atoms with Crippen molar-refractivity contribution in [1.82, 2.24) is 0 Å². The van der Waals surface area contributed by atoms with Crippen LogP contribution < -0.4 is 0 Å². The molecule has 0 aliphatic heterocycles. The lowest BCUT2D eigenvalue weighted by Gasteiger charge is -2.11. The Morgan fingerprint density at radius 2 is 1.12 bits per heavy atom. The van der Waals surface area contributed by atoms with Crippen molar-refractivity contribution in [2.24, 2.45) is 0 Å². The van der Waals surface area contributed by atoms with Crippen molar-refractivity contribution in [1.29, 1.82) is 0 Å². The fourth-order valence-corrected chi connectivity index (χ4v) is 3.90. The van der Waals surface area contributed by atoms with Crippen LogP contribution in [0, 0.1) is 30.2 Å². The van der Waals surface area contributed by atoms with E-state index in [2.05, 4.69) is 0 Å². The van der Waals surface area contributed by atoms with Crippen LogP contribution in [0.5, 0.6) is 0 Å². The molecule has 0 aliphatic rings. The van der Waals surface area contributed by atoms with E-state index in [-0.39, 0.29) is 0 Å². The Balaban J connectivity index is 2.89. The van der Waals surface area contributed by atoms with Crippen molar-refractivity contribution >= 4 is 20.0 Å². The largest absolute Gasteiger partial charge is 0.300 e. The number of rotatable bonds is 3. The highest BCUT2D eigenvalue weighted by Gasteiger charge is 2.37. The molecular weight excluding hydrogens is 376 g/mol. The fourth-order valence-electron chi connectivity index (χ4n) is 1.89. The number of hydrogen-bond donors (Lipinski definition) is 1.